The van der Waals surface area contributed by atoms with Crippen molar-refractivity contribution in [2.45, 2.75) is 59.0 Å². The number of benzene rings is 1. The summed E-state index contributed by atoms with van der Waals surface area (Å²) in [5.74, 6) is 1.07. The first-order chi connectivity index (χ1) is 13.1. The van der Waals surface area contributed by atoms with E-state index in [9.17, 15) is 8.42 Å². The van der Waals surface area contributed by atoms with Crippen LogP contribution in [0, 0.1) is 27.7 Å². The summed E-state index contributed by atoms with van der Waals surface area (Å²) in [6, 6.07) is 4.83. The van der Waals surface area contributed by atoms with Crippen molar-refractivity contribution in [2.75, 3.05) is 0 Å². The van der Waals surface area contributed by atoms with Gasteiger partial charge in [-0.3, -0.25) is 4.68 Å². The minimum Gasteiger partial charge on any atom is -0.441 e. The molecule has 8 heteroatoms. The highest BCUT2D eigenvalue weighted by molar-refractivity contribution is 7.89. The van der Waals surface area contributed by atoms with Crippen molar-refractivity contribution in [1.82, 2.24) is 19.5 Å². The Labute approximate surface area is 165 Å². The van der Waals surface area contributed by atoms with E-state index in [0.29, 0.717) is 22.8 Å². The fourth-order valence-electron chi connectivity index (χ4n) is 3.54. The summed E-state index contributed by atoms with van der Waals surface area (Å²) in [4.78, 5) is 4.31. The van der Waals surface area contributed by atoms with E-state index in [1.165, 1.54) is 0 Å². The first-order valence-corrected chi connectivity index (χ1v) is 10.7. The lowest BCUT2D eigenvalue weighted by molar-refractivity contribution is 0.534. The Morgan fingerprint density at radius 1 is 1.21 bits per heavy atom. The summed E-state index contributed by atoms with van der Waals surface area (Å²) in [7, 11) is -3.74. The molecule has 1 N–H and O–H groups in total. The predicted octanol–water partition coefficient (Wildman–Crippen LogP) is 3.83. The lowest BCUT2D eigenvalue weighted by Crippen LogP contribution is -2.28. The average molecular weight is 403 g/mol. The van der Waals surface area contributed by atoms with Gasteiger partial charge in [-0.2, -0.15) is 5.10 Å². The topological polar surface area (TPSA) is 90.0 Å². The fourth-order valence-corrected chi connectivity index (χ4v) is 5.02. The van der Waals surface area contributed by atoms with Crippen molar-refractivity contribution in [2.24, 2.45) is 0 Å². The second-order valence-corrected chi connectivity index (χ2v) is 8.65. The highest BCUT2D eigenvalue weighted by Crippen LogP contribution is 2.28. The molecule has 0 aliphatic heterocycles. The maximum absolute atomic E-state index is 13.1. The molecule has 7 nitrogen and oxygen atoms in total. The maximum atomic E-state index is 13.1. The van der Waals surface area contributed by atoms with E-state index in [1.807, 2.05) is 38.4 Å². The zero-order chi connectivity index (χ0) is 20.6. The highest BCUT2D eigenvalue weighted by Gasteiger charge is 2.25. The molecule has 1 aromatic carbocycles. The van der Waals surface area contributed by atoms with Gasteiger partial charge in [0.15, 0.2) is 11.7 Å². The second-order valence-electron chi connectivity index (χ2n) is 6.97. The summed E-state index contributed by atoms with van der Waals surface area (Å²) in [6.07, 6.45) is 1.60. The number of oxazole rings is 1. The van der Waals surface area contributed by atoms with Crippen molar-refractivity contribution in [3.8, 4) is 11.3 Å². The Kier molecular flexibility index (Phi) is 5.45. The van der Waals surface area contributed by atoms with Crippen LogP contribution in [0.3, 0.4) is 0 Å². The Morgan fingerprint density at radius 2 is 1.93 bits per heavy atom. The quantitative estimate of drug-likeness (QED) is 0.677. The summed E-state index contributed by atoms with van der Waals surface area (Å²) in [5.41, 5.74) is 4.04. The van der Waals surface area contributed by atoms with Crippen molar-refractivity contribution in [3.05, 3.63) is 52.8 Å². The molecule has 0 aliphatic carbocycles. The number of hydrogen-bond acceptors (Lipinski definition) is 5. The van der Waals surface area contributed by atoms with Crippen LogP contribution < -0.4 is 4.72 Å². The van der Waals surface area contributed by atoms with Gasteiger partial charge >= 0.3 is 0 Å². The molecule has 0 fully saturated rings. The number of hydrogen-bond donors (Lipinski definition) is 1. The van der Waals surface area contributed by atoms with Gasteiger partial charge in [-0.15, -0.1) is 0 Å². The van der Waals surface area contributed by atoms with E-state index in [0.717, 1.165) is 23.5 Å². The van der Waals surface area contributed by atoms with E-state index in [1.54, 1.807) is 32.2 Å². The molecule has 0 aliphatic rings. The van der Waals surface area contributed by atoms with Gasteiger partial charge in [0, 0.05) is 36.3 Å². The molecule has 0 radical (unpaired) electrons. The molecule has 3 rings (SSSR count). The van der Waals surface area contributed by atoms with Crippen LogP contribution >= 0.6 is 0 Å². The van der Waals surface area contributed by atoms with Gasteiger partial charge in [0.1, 0.15) is 0 Å². The normalized spacial score (nSPS) is 13.1. The first-order valence-electron chi connectivity index (χ1n) is 9.23. The lowest BCUT2D eigenvalue weighted by atomic mass is 10.1. The van der Waals surface area contributed by atoms with E-state index < -0.39 is 16.1 Å². The molecule has 2 aromatic heterocycles. The van der Waals surface area contributed by atoms with E-state index in [2.05, 4.69) is 14.8 Å². The molecule has 0 amide bonds. The van der Waals surface area contributed by atoms with Crippen LogP contribution in [-0.4, -0.2) is 23.2 Å². The Hall–Kier alpha value is -2.45. The smallest absolute Gasteiger partial charge is 0.241 e. The monoisotopic (exact) mass is 402 g/mol. The molecule has 2 heterocycles. The minimum atomic E-state index is -3.74. The zero-order valence-electron chi connectivity index (χ0n) is 17.1. The van der Waals surface area contributed by atoms with Crippen LogP contribution in [0.15, 0.2) is 33.7 Å². The fraction of sp³-hybridized carbons (Fsp3) is 0.400. The molecule has 1 atom stereocenters. The van der Waals surface area contributed by atoms with Crippen LogP contribution in [-0.2, 0) is 16.6 Å². The number of aryl methyl sites for hydroxylation is 4. The standard InChI is InChI=1S/C20H26N4O3S/c1-7-24-15(5)20(13(3)22-24)14(4)23-28(25,26)19-10-17(9-8-12(19)2)18-11-21-16(6)27-18/h8-11,14,23H,7H2,1-6H3/t14-/m0/s1. The molecular weight excluding hydrogens is 376 g/mol. The van der Waals surface area contributed by atoms with Gasteiger partial charge in [0.2, 0.25) is 10.0 Å². The van der Waals surface area contributed by atoms with Crippen molar-refractivity contribution in [3.63, 3.8) is 0 Å². The molecule has 28 heavy (non-hydrogen) atoms. The number of rotatable bonds is 6. The van der Waals surface area contributed by atoms with Crippen molar-refractivity contribution < 1.29 is 12.8 Å². The van der Waals surface area contributed by atoms with Crippen LogP contribution in [0.4, 0.5) is 0 Å². The SMILES string of the molecule is CCn1nc(C)c([C@H](C)NS(=O)(=O)c2cc(-c3cnc(C)o3)ccc2C)c1C. The zero-order valence-corrected chi connectivity index (χ0v) is 17.9. The van der Waals surface area contributed by atoms with Crippen molar-refractivity contribution >= 4 is 10.0 Å². The van der Waals surface area contributed by atoms with E-state index in [-0.39, 0.29) is 4.90 Å². The Bertz CT molecular complexity index is 1110. The molecular formula is C20H26N4O3S. The highest BCUT2D eigenvalue weighted by atomic mass is 32.2. The van der Waals surface area contributed by atoms with Gasteiger partial charge in [-0.1, -0.05) is 12.1 Å². The third-order valence-corrected chi connectivity index (χ3v) is 6.57. The molecule has 0 saturated heterocycles. The number of sulfonamides is 1. The molecule has 0 spiro atoms. The summed E-state index contributed by atoms with van der Waals surface area (Å²) in [6.45, 7) is 12.0. The molecule has 150 valence electrons. The Morgan fingerprint density at radius 3 is 2.50 bits per heavy atom. The van der Waals surface area contributed by atoms with Crippen LogP contribution in [0.2, 0.25) is 0 Å². The van der Waals surface area contributed by atoms with E-state index >= 15 is 0 Å². The third kappa shape index (κ3) is 3.74. The van der Waals surface area contributed by atoms with E-state index in [4.69, 9.17) is 4.42 Å². The van der Waals surface area contributed by atoms with Crippen LogP contribution in [0.1, 0.15) is 48.3 Å². The Balaban J connectivity index is 1.96. The number of aromatic nitrogens is 3. The van der Waals surface area contributed by atoms with Crippen molar-refractivity contribution in [1.29, 1.82) is 0 Å². The molecule has 0 unspecified atom stereocenters. The third-order valence-electron chi connectivity index (χ3n) is 4.89. The predicted molar refractivity (Wildman–Crippen MR) is 108 cm³/mol. The van der Waals surface area contributed by atoms with Crippen LogP contribution in [0.25, 0.3) is 11.3 Å². The summed E-state index contributed by atoms with van der Waals surface area (Å²) in [5, 5.41) is 4.49. The number of nitrogens with zero attached hydrogens (tertiary/aromatic N) is 3. The minimum absolute atomic E-state index is 0.226. The van der Waals surface area contributed by atoms with Gasteiger partial charge in [-0.05, 0) is 46.2 Å². The van der Waals surface area contributed by atoms with Gasteiger partial charge in [0.05, 0.1) is 16.8 Å². The first kappa shape index (κ1) is 20.3. The van der Waals surface area contributed by atoms with Gasteiger partial charge in [-0.25, -0.2) is 18.1 Å². The summed E-state index contributed by atoms with van der Waals surface area (Å²) < 4.78 is 36.5. The lowest BCUT2D eigenvalue weighted by Gasteiger charge is -2.17. The van der Waals surface area contributed by atoms with Gasteiger partial charge in [0.25, 0.3) is 0 Å². The summed E-state index contributed by atoms with van der Waals surface area (Å²) >= 11 is 0. The average Bonchev–Trinajstić information content (AvgIpc) is 3.17. The molecule has 3 aromatic rings. The van der Waals surface area contributed by atoms with Crippen LogP contribution in [0.5, 0.6) is 0 Å². The molecule has 0 bridgehead atoms. The maximum Gasteiger partial charge on any atom is 0.241 e. The second kappa shape index (κ2) is 7.52. The molecule has 0 saturated carbocycles. The number of nitrogens with one attached hydrogen (secondary N) is 1. The van der Waals surface area contributed by atoms with Gasteiger partial charge < -0.3 is 4.42 Å². The largest absolute Gasteiger partial charge is 0.441 e.